The first-order valence-corrected chi connectivity index (χ1v) is 15.0. The van der Waals surface area contributed by atoms with E-state index >= 15 is 0 Å². The highest BCUT2D eigenvalue weighted by atomic mass is 19.1. The van der Waals surface area contributed by atoms with Gasteiger partial charge in [0.15, 0.2) is 0 Å². The smallest absolute Gasteiger partial charge is 0.246 e. The summed E-state index contributed by atoms with van der Waals surface area (Å²) in [6.07, 6.45) is 6.15. The van der Waals surface area contributed by atoms with Crippen LogP contribution in [0.1, 0.15) is 43.2 Å². The predicted octanol–water partition coefficient (Wildman–Crippen LogP) is 5.04. The molecule has 8 nitrogen and oxygen atoms in total. The molecule has 232 valence electrons. The van der Waals surface area contributed by atoms with Crippen molar-refractivity contribution in [2.75, 3.05) is 51.4 Å². The van der Waals surface area contributed by atoms with Crippen molar-refractivity contribution >= 4 is 22.5 Å². The summed E-state index contributed by atoms with van der Waals surface area (Å²) in [5.74, 6) is -2.61. The third kappa shape index (κ3) is 7.39. The number of fused-ring (bicyclic) bond motifs is 1. The molecule has 43 heavy (non-hydrogen) atoms. The fourth-order valence-electron chi connectivity index (χ4n) is 6.49. The SMILES string of the molecule is COc1ccc2ncc(N3CCOCC3)c(CCCC3CC(C(=O)NO)CCN3CCCc3c(F)cc(F)cc3F)c2c1. The van der Waals surface area contributed by atoms with Gasteiger partial charge < -0.3 is 19.3 Å². The van der Waals surface area contributed by atoms with E-state index in [1.165, 1.54) is 5.56 Å². The lowest BCUT2D eigenvalue weighted by Gasteiger charge is -2.39. The number of amides is 1. The van der Waals surface area contributed by atoms with Crippen molar-refractivity contribution in [3.63, 3.8) is 0 Å². The summed E-state index contributed by atoms with van der Waals surface area (Å²) in [6.45, 7) is 4.11. The van der Waals surface area contributed by atoms with E-state index in [2.05, 4.69) is 9.80 Å². The molecule has 2 atom stereocenters. The molecule has 2 N–H and O–H groups in total. The number of rotatable bonds is 11. The summed E-state index contributed by atoms with van der Waals surface area (Å²) in [6, 6.07) is 7.38. The van der Waals surface area contributed by atoms with Crippen molar-refractivity contribution in [2.45, 2.75) is 51.0 Å². The second kappa shape index (κ2) is 14.4. The molecule has 3 heterocycles. The number of nitrogens with one attached hydrogen (secondary N) is 1. The van der Waals surface area contributed by atoms with Crippen LogP contribution in [0.2, 0.25) is 0 Å². The Balaban J connectivity index is 1.31. The highest BCUT2D eigenvalue weighted by Crippen LogP contribution is 2.33. The van der Waals surface area contributed by atoms with Gasteiger partial charge in [-0.1, -0.05) is 0 Å². The van der Waals surface area contributed by atoms with Crippen LogP contribution in [0.4, 0.5) is 18.9 Å². The first kappa shape index (κ1) is 31.0. The number of hydroxylamine groups is 1. The Morgan fingerprint density at radius 3 is 2.53 bits per heavy atom. The molecule has 11 heteroatoms. The highest BCUT2D eigenvalue weighted by molar-refractivity contribution is 5.88. The van der Waals surface area contributed by atoms with Gasteiger partial charge in [0, 0.05) is 48.1 Å². The van der Waals surface area contributed by atoms with Crippen LogP contribution in [0.25, 0.3) is 10.9 Å². The number of ether oxygens (including phenoxy) is 2. The van der Waals surface area contributed by atoms with Crippen molar-refractivity contribution in [1.29, 1.82) is 0 Å². The number of carbonyl (C=O) groups excluding carboxylic acids is 1. The van der Waals surface area contributed by atoms with Crippen LogP contribution in [-0.4, -0.2) is 73.5 Å². The molecular weight excluding hydrogens is 561 g/mol. The van der Waals surface area contributed by atoms with Gasteiger partial charge in [0.2, 0.25) is 5.91 Å². The average molecular weight is 601 g/mol. The van der Waals surface area contributed by atoms with E-state index in [0.29, 0.717) is 57.7 Å². The largest absolute Gasteiger partial charge is 0.497 e. The molecule has 0 radical (unpaired) electrons. The molecule has 0 bridgehead atoms. The van der Waals surface area contributed by atoms with Crippen LogP contribution in [-0.2, 0) is 22.4 Å². The summed E-state index contributed by atoms with van der Waals surface area (Å²) >= 11 is 0. The van der Waals surface area contributed by atoms with Gasteiger partial charge in [0.25, 0.3) is 0 Å². The monoisotopic (exact) mass is 600 g/mol. The average Bonchev–Trinajstić information content (AvgIpc) is 3.02. The minimum atomic E-state index is -0.930. The van der Waals surface area contributed by atoms with Gasteiger partial charge in [-0.2, -0.15) is 0 Å². The Labute approximate surface area is 249 Å². The number of methoxy groups -OCH3 is 1. The van der Waals surface area contributed by atoms with E-state index in [1.807, 2.05) is 24.4 Å². The van der Waals surface area contributed by atoms with Crippen LogP contribution in [0.3, 0.4) is 0 Å². The Hall–Kier alpha value is -3.41. The second-order valence-electron chi connectivity index (χ2n) is 11.3. The van der Waals surface area contributed by atoms with Gasteiger partial charge in [-0.05, 0) is 81.8 Å². The third-order valence-corrected chi connectivity index (χ3v) is 8.78. The summed E-state index contributed by atoms with van der Waals surface area (Å²) in [7, 11) is 1.65. The van der Waals surface area contributed by atoms with Gasteiger partial charge in [-0.3, -0.25) is 15.0 Å². The van der Waals surface area contributed by atoms with Crippen molar-refractivity contribution < 1.29 is 32.6 Å². The Morgan fingerprint density at radius 1 is 1.07 bits per heavy atom. The minimum absolute atomic E-state index is 0.0495. The predicted molar refractivity (Wildman–Crippen MR) is 157 cm³/mol. The van der Waals surface area contributed by atoms with Gasteiger partial charge >= 0.3 is 0 Å². The quantitative estimate of drug-likeness (QED) is 0.236. The van der Waals surface area contributed by atoms with Crippen LogP contribution in [0.5, 0.6) is 5.75 Å². The van der Waals surface area contributed by atoms with Crippen molar-refractivity contribution in [3.8, 4) is 5.75 Å². The summed E-state index contributed by atoms with van der Waals surface area (Å²) < 4.78 is 52.8. The number of hydrogen-bond donors (Lipinski definition) is 2. The molecule has 3 aromatic rings. The fourth-order valence-corrected chi connectivity index (χ4v) is 6.49. The molecule has 2 aliphatic rings. The lowest BCUT2D eigenvalue weighted by Crippen LogP contribution is -2.46. The first-order valence-electron chi connectivity index (χ1n) is 15.0. The van der Waals surface area contributed by atoms with Gasteiger partial charge in [-0.25, -0.2) is 18.7 Å². The van der Waals surface area contributed by atoms with E-state index in [-0.39, 0.29) is 29.9 Å². The van der Waals surface area contributed by atoms with Crippen LogP contribution in [0.15, 0.2) is 36.5 Å². The molecule has 1 aromatic heterocycles. The molecule has 2 unspecified atom stereocenters. The molecule has 2 aliphatic heterocycles. The van der Waals surface area contributed by atoms with Crippen LogP contribution >= 0.6 is 0 Å². The molecule has 0 spiro atoms. The maximum atomic E-state index is 14.2. The first-order chi connectivity index (χ1) is 20.9. The third-order valence-electron chi connectivity index (χ3n) is 8.78. The molecule has 2 fully saturated rings. The lowest BCUT2D eigenvalue weighted by atomic mass is 9.87. The van der Waals surface area contributed by atoms with E-state index in [9.17, 15) is 23.2 Å². The number of anilines is 1. The molecule has 5 rings (SSSR count). The molecule has 2 aromatic carbocycles. The minimum Gasteiger partial charge on any atom is -0.497 e. The number of benzene rings is 2. The van der Waals surface area contributed by atoms with Crippen LogP contribution < -0.4 is 15.1 Å². The number of carbonyl (C=O) groups is 1. The maximum absolute atomic E-state index is 14.2. The second-order valence-corrected chi connectivity index (χ2v) is 11.3. The zero-order valence-electron chi connectivity index (χ0n) is 24.5. The fraction of sp³-hybridized carbons (Fsp3) is 0.500. The standard InChI is InChI=1S/C32H39F3N4O4/c1-42-24-7-8-30-27(19-24)25(31(20-36-30)39-12-14-43-15-13-39)5-2-4-23-16-21(32(40)37-41)9-11-38(23)10-3-6-26-28(34)17-22(33)18-29(26)35/h7-8,17-21,23,41H,2-6,9-16H2,1H3,(H,37,40). The number of hydrogen-bond acceptors (Lipinski definition) is 7. The number of nitrogens with zero attached hydrogens (tertiary/aromatic N) is 3. The van der Waals surface area contributed by atoms with E-state index in [1.54, 1.807) is 12.6 Å². The summed E-state index contributed by atoms with van der Waals surface area (Å²) in [4.78, 5) is 21.6. The normalized spacial score (nSPS) is 19.5. The molecule has 0 aliphatic carbocycles. The topological polar surface area (TPSA) is 87.2 Å². The van der Waals surface area contributed by atoms with Crippen molar-refractivity contribution in [3.05, 3.63) is 65.1 Å². The molecule has 1 amide bonds. The van der Waals surface area contributed by atoms with Gasteiger partial charge in [0.1, 0.15) is 23.2 Å². The number of pyridine rings is 1. The molecule has 0 saturated carbocycles. The number of morpholine rings is 1. The Morgan fingerprint density at radius 2 is 1.81 bits per heavy atom. The van der Waals surface area contributed by atoms with E-state index in [4.69, 9.17) is 14.5 Å². The summed E-state index contributed by atoms with van der Waals surface area (Å²) in [5, 5.41) is 10.3. The zero-order valence-corrected chi connectivity index (χ0v) is 24.5. The number of piperidine rings is 1. The number of aryl methyl sites for hydroxylation is 1. The van der Waals surface area contributed by atoms with Gasteiger partial charge in [-0.15, -0.1) is 0 Å². The highest BCUT2D eigenvalue weighted by Gasteiger charge is 2.32. The summed E-state index contributed by atoms with van der Waals surface area (Å²) in [5.41, 5.74) is 4.87. The molecular formula is C32H39F3N4O4. The van der Waals surface area contributed by atoms with Crippen molar-refractivity contribution in [1.82, 2.24) is 15.4 Å². The maximum Gasteiger partial charge on any atom is 0.246 e. The Bertz CT molecular complexity index is 1400. The molecule has 2 saturated heterocycles. The zero-order chi connectivity index (χ0) is 30.3. The van der Waals surface area contributed by atoms with Crippen molar-refractivity contribution in [2.24, 2.45) is 5.92 Å². The number of aromatic nitrogens is 1. The van der Waals surface area contributed by atoms with E-state index < -0.39 is 17.5 Å². The number of likely N-dealkylation sites (tertiary alicyclic amines) is 1. The van der Waals surface area contributed by atoms with E-state index in [0.717, 1.165) is 54.7 Å². The van der Waals surface area contributed by atoms with Crippen LogP contribution in [0, 0.1) is 23.4 Å². The Kier molecular flexibility index (Phi) is 10.4. The van der Waals surface area contributed by atoms with Gasteiger partial charge in [0.05, 0.1) is 37.7 Å². The lowest BCUT2D eigenvalue weighted by molar-refractivity contribution is -0.135. The number of halogens is 3.